The van der Waals surface area contributed by atoms with Crippen LogP contribution in [0.25, 0.3) is 0 Å². The molecule has 0 saturated heterocycles. The fourth-order valence-electron chi connectivity index (χ4n) is 2.27. The van der Waals surface area contributed by atoms with Crippen molar-refractivity contribution in [3.63, 3.8) is 0 Å². The largest absolute Gasteiger partial charge is 0.481 e. The normalized spacial score (nSPS) is 12.3. The zero-order valence-electron chi connectivity index (χ0n) is 12.5. The summed E-state index contributed by atoms with van der Waals surface area (Å²) in [6, 6.07) is 8.68. The van der Waals surface area contributed by atoms with Crippen LogP contribution in [-0.4, -0.2) is 17.1 Å². The lowest BCUT2D eigenvalue weighted by atomic mass is 10.0. The molecule has 1 unspecified atom stereocenters. The monoisotopic (exact) mass is 277 g/mol. The van der Waals surface area contributed by atoms with Crippen LogP contribution in [-0.2, 0) is 17.6 Å². The van der Waals surface area contributed by atoms with Gasteiger partial charge in [-0.3, -0.25) is 4.79 Å². The van der Waals surface area contributed by atoms with E-state index >= 15 is 0 Å². The Kier molecular flexibility index (Phi) is 7.97. The molecule has 0 saturated carbocycles. The summed E-state index contributed by atoms with van der Waals surface area (Å²) in [6.07, 6.45) is 8.02. The molecule has 0 aromatic heterocycles. The van der Waals surface area contributed by atoms with Crippen molar-refractivity contribution in [3.8, 4) is 0 Å². The highest BCUT2D eigenvalue weighted by molar-refractivity contribution is 5.67. The Labute approximate surface area is 122 Å². The van der Waals surface area contributed by atoms with Gasteiger partial charge in [0.25, 0.3) is 0 Å². The average Bonchev–Trinajstić information content (AvgIpc) is 2.41. The van der Waals surface area contributed by atoms with Gasteiger partial charge >= 0.3 is 5.97 Å². The van der Waals surface area contributed by atoms with Crippen molar-refractivity contribution >= 4 is 5.97 Å². The Morgan fingerprint density at radius 2 is 1.60 bits per heavy atom. The predicted octanol–water partition coefficient (Wildman–Crippen LogP) is 3.54. The van der Waals surface area contributed by atoms with Gasteiger partial charge in [-0.05, 0) is 43.7 Å². The SMILES string of the molecule is CC(N)CCCCCCc1ccc(CCC(=O)O)cc1. The Bertz CT molecular complexity index is 384. The highest BCUT2D eigenvalue weighted by atomic mass is 16.4. The maximum absolute atomic E-state index is 10.5. The molecule has 20 heavy (non-hydrogen) atoms. The van der Waals surface area contributed by atoms with Crippen LogP contribution in [0.4, 0.5) is 0 Å². The zero-order chi connectivity index (χ0) is 14.8. The second-order valence-electron chi connectivity index (χ2n) is 5.64. The first-order valence-electron chi connectivity index (χ1n) is 7.63. The Morgan fingerprint density at radius 1 is 1.05 bits per heavy atom. The van der Waals surface area contributed by atoms with Crippen LogP contribution < -0.4 is 5.73 Å². The summed E-state index contributed by atoms with van der Waals surface area (Å²) in [5, 5.41) is 8.64. The lowest BCUT2D eigenvalue weighted by molar-refractivity contribution is -0.136. The fourth-order valence-corrected chi connectivity index (χ4v) is 2.27. The number of carboxylic acids is 1. The van der Waals surface area contributed by atoms with Gasteiger partial charge in [-0.15, -0.1) is 0 Å². The van der Waals surface area contributed by atoms with Crippen molar-refractivity contribution in [3.05, 3.63) is 35.4 Å². The summed E-state index contributed by atoms with van der Waals surface area (Å²) in [7, 11) is 0. The third-order valence-electron chi connectivity index (χ3n) is 3.53. The number of rotatable bonds is 10. The Hall–Kier alpha value is -1.35. The lowest BCUT2D eigenvalue weighted by Crippen LogP contribution is -2.13. The second kappa shape index (κ2) is 9.54. The Morgan fingerprint density at radius 3 is 2.15 bits per heavy atom. The van der Waals surface area contributed by atoms with Crippen LogP contribution >= 0.6 is 0 Å². The minimum Gasteiger partial charge on any atom is -0.481 e. The number of carboxylic acid groups (broad SMARTS) is 1. The number of hydrogen-bond donors (Lipinski definition) is 2. The fraction of sp³-hybridized carbons (Fsp3) is 0.588. The molecule has 112 valence electrons. The number of nitrogens with two attached hydrogens (primary N) is 1. The molecule has 1 atom stereocenters. The number of benzene rings is 1. The first kappa shape index (κ1) is 16.7. The van der Waals surface area contributed by atoms with E-state index in [4.69, 9.17) is 10.8 Å². The molecule has 1 rings (SSSR count). The molecule has 0 spiro atoms. The van der Waals surface area contributed by atoms with Crippen molar-refractivity contribution in [2.45, 2.75) is 64.3 Å². The molecule has 0 radical (unpaired) electrons. The van der Waals surface area contributed by atoms with Crippen molar-refractivity contribution in [2.24, 2.45) is 5.73 Å². The molecule has 3 nitrogen and oxygen atoms in total. The summed E-state index contributed by atoms with van der Waals surface area (Å²) >= 11 is 0. The van der Waals surface area contributed by atoms with Crippen molar-refractivity contribution in [1.29, 1.82) is 0 Å². The summed E-state index contributed by atoms with van der Waals surface area (Å²) < 4.78 is 0. The number of aryl methyl sites for hydroxylation is 2. The van der Waals surface area contributed by atoms with Crippen molar-refractivity contribution in [2.75, 3.05) is 0 Å². The highest BCUT2D eigenvalue weighted by Crippen LogP contribution is 2.12. The van der Waals surface area contributed by atoms with E-state index in [1.807, 2.05) is 12.1 Å². The minimum absolute atomic E-state index is 0.207. The first-order valence-corrected chi connectivity index (χ1v) is 7.63. The molecule has 0 aliphatic heterocycles. The number of unbranched alkanes of at least 4 members (excludes halogenated alkanes) is 3. The third kappa shape index (κ3) is 7.95. The van der Waals surface area contributed by atoms with Crippen LogP contribution in [0.1, 0.15) is 56.6 Å². The molecule has 0 amide bonds. The molecule has 0 bridgehead atoms. The van der Waals surface area contributed by atoms with Crippen LogP contribution in [0, 0.1) is 0 Å². The molecular weight excluding hydrogens is 250 g/mol. The molecule has 0 aliphatic carbocycles. The van der Waals surface area contributed by atoms with E-state index in [1.165, 1.54) is 31.2 Å². The summed E-state index contributed by atoms with van der Waals surface area (Å²) in [5.74, 6) is -0.735. The molecule has 1 aromatic carbocycles. The van der Waals surface area contributed by atoms with Gasteiger partial charge in [0.2, 0.25) is 0 Å². The summed E-state index contributed by atoms with van der Waals surface area (Å²) in [4.78, 5) is 10.5. The smallest absolute Gasteiger partial charge is 0.303 e. The van der Waals surface area contributed by atoms with Gasteiger partial charge in [0, 0.05) is 12.5 Å². The maximum atomic E-state index is 10.5. The van der Waals surface area contributed by atoms with E-state index in [2.05, 4.69) is 19.1 Å². The van der Waals surface area contributed by atoms with Gasteiger partial charge in [-0.1, -0.05) is 43.5 Å². The molecule has 1 aromatic rings. The number of hydrogen-bond acceptors (Lipinski definition) is 2. The topological polar surface area (TPSA) is 63.3 Å². The maximum Gasteiger partial charge on any atom is 0.303 e. The molecule has 0 heterocycles. The third-order valence-corrected chi connectivity index (χ3v) is 3.53. The van der Waals surface area contributed by atoms with Gasteiger partial charge in [0.1, 0.15) is 0 Å². The molecule has 3 N–H and O–H groups in total. The van der Waals surface area contributed by atoms with Crippen LogP contribution in [0.3, 0.4) is 0 Å². The highest BCUT2D eigenvalue weighted by Gasteiger charge is 2.00. The standard InChI is InChI=1S/C17H27NO2/c1-14(18)6-4-2-3-5-7-15-8-10-16(11-9-15)12-13-17(19)20/h8-11,14H,2-7,12-13,18H2,1H3,(H,19,20). The van der Waals surface area contributed by atoms with E-state index in [0.29, 0.717) is 12.5 Å². The van der Waals surface area contributed by atoms with Crippen LogP contribution in [0.2, 0.25) is 0 Å². The zero-order valence-corrected chi connectivity index (χ0v) is 12.5. The number of carbonyl (C=O) groups is 1. The van der Waals surface area contributed by atoms with Gasteiger partial charge in [0.15, 0.2) is 0 Å². The summed E-state index contributed by atoms with van der Waals surface area (Å²) in [6.45, 7) is 2.06. The van der Waals surface area contributed by atoms with E-state index in [0.717, 1.165) is 18.4 Å². The second-order valence-corrected chi connectivity index (χ2v) is 5.64. The van der Waals surface area contributed by atoms with Gasteiger partial charge in [-0.2, -0.15) is 0 Å². The molecule has 0 fully saturated rings. The van der Waals surface area contributed by atoms with Gasteiger partial charge in [0.05, 0.1) is 0 Å². The molecule has 3 heteroatoms. The van der Waals surface area contributed by atoms with Crippen LogP contribution in [0.15, 0.2) is 24.3 Å². The number of aliphatic carboxylic acids is 1. The van der Waals surface area contributed by atoms with Gasteiger partial charge in [-0.25, -0.2) is 0 Å². The van der Waals surface area contributed by atoms with Gasteiger partial charge < -0.3 is 10.8 Å². The molecule has 0 aliphatic rings. The van der Waals surface area contributed by atoms with E-state index in [-0.39, 0.29) is 6.42 Å². The predicted molar refractivity (Wildman–Crippen MR) is 82.8 cm³/mol. The van der Waals surface area contributed by atoms with E-state index in [1.54, 1.807) is 0 Å². The lowest BCUT2D eigenvalue weighted by Gasteiger charge is -2.05. The minimum atomic E-state index is -0.735. The van der Waals surface area contributed by atoms with Crippen molar-refractivity contribution < 1.29 is 9.90 Å². The average molecular weight is 277 g/mol. The van der Waals surface area contributed by atoms with E-state index < -0.39 is 5.97 Å². The van der Waals surface area contributed by atoms with E-state index in [9.17, 15) is 4.79 Å². The van der Waals surface area contributed by atoms with Crippen molar-refractivity contribution in [1.82, 2.24) is 0 Å². The summed E-state index contributed by atoms with van der Waals surface area (Å²) in [5.41, 5.74) is 8.17. The molecular formula is C17H27NO2. The quantitative estimate of drug-likeness (QED) is 0.643. The first-order chi connectivity index (χ1) is 9.58. The Balaban J connectivity index is 2.16. The van der Waals surface area contributed by atoms with Crippen LogP contribution in [0.5, 0.6) is 0 Å².